The van der Waals surface area contributed by atoms with E-state index in [2.05, 4.69) is 25.7 Å². The van der Waals surface area contributed by atoms with Crippen molar-refractivity contribution < 1.29 is 0 Å². The Morgan fingerprint density at radius 3 is 2.20 bits per heavy atom. The number of rotatable bonds is 4. The molecule has 0 saturated heterocycles. The fraction of sp³-hybridized carbons (Fsp3) is 1.00. The van der Waals surface area contributed by atoms with Crippen molar-refractivity contribution in [2.75, 3.05) is 13.1 Å². The highest BCUT2D eigenvalue weighted by atomic mass is 15.2. The van der Waals surface area contributed by atoms with Gasteiger partial charge in [-0.25, -0.2) is 0 Å². The third-order valence-corrected chi connectivity index (χ3v) is 2.61. The van der Waals surface area contributed by atoms with Crippen molar-refractivity contribution >= 4 is 0 Å². The van der Waals surface area contributed by atoms with Gasteiger partial charge in [-0.05, 0) is 39.3 Å². The molecule has 0 aromatic heterocycles. The standard InChI is InChI=1S/C9H19N/c1-4-8-10(5-2)9(3)6-7-9/h4-8H2,1-3H3. The predicted molar refractivity (Wildman–Crippen MR) is 45.2 cm³/mol. The predicted octanol–water partition coefficient (Wildman–Crippen LogP) is 2.27. The molecule has 1 nitrogen and oxygen atoms in total. The maximum Gasteiger partial charge on any atom is 0.0182 e. The van der Waals surface area contributed by atoms with E-state index in [1.807, 2.05) is 0 Å². The van der Waals surface area contributed by atoms with Crippen molar-refractivity contribution in [3.8, 4) is 0 Å². The van der Waals surface area contributed by atoms with Gasteiger partial charge in [-0.1, -0.05) is 13.8 Å². The van der Waals surface area contributed by atoms with E-state index in [1.54, 1.807) is 0 Å². The highest BCUT2D eigenvalue weighted by Gasteiger charge is 2.41. The Morgan fingerprint density at radius 1 is 1.30 bits per heavy atom. The van der Waals surface area contributed by atoms with Crippen LogP contribution in [0.2, 0.25) is 0 Å². The van der Waals surface area contributed by atoms with Crippen LogP contribution in [0.25, 0.3) is 0 Å². The molecule has 1 aliphatic rings. The lowest BCUT2D eigenvalue weighted by Crippen LogP contribution is -2.35. The van der Waals surface area contributed by atoms with Crippen LogP contribution in [0.1, 0.15) is 40.0 Å². The fourth-order valence-electron chi connectivity index (χ4n) is 1.58. The number of hydrogen-bond donors (Lipinski definition) is 0. The van der Waals surface area contributed by atoms with Crippen LogP contribution < -0.4 is 0 Å². The largest absolute Gasteiger partial charge is 0.298 e. The summed E-state index contributed by atoms with van der Waals surface area (Å²) in [4.78, 5) is 2.60. The smallest absolute Gasteiger partial charge is 0.0182 e. The van der Waals surface area contributed by atoms with Crippen LogP contribution in [-0.2, 0) is 0 Å². The van der Waals surface area contributed by atoms with Gasteiger partial charge in [0.05, 0.1) is 0 Å². The lowest BCUT2D eigenvalue weighted by Gasteiger charge is -2.26. The first-order chi connectivity index (χ1) is 4.73. The van der Waals surface area contributed by atoms with Gasteiger partial charge in [0.15, 0.2) is 0 Å². The van der Waals surface area contributed by atoms with Crippen molar-refractivity contribution in [2.45, 2.75) is 45.6 Å². The second-order valence-corrected chi connectivity index (χ2v) is 3.58. The van der Waals surface area contributed by atoms with E-state index in [4.69, 9.17) is 0 Å². The molecule has 0 radical (unpaired) electrons. The Kier molecular flexibility index (Phi) is 2.35. The summed E-state index contributed by atoms with van der Waals surface area (Å²) >= 11 is 0. The molecular weight excluding hydrogens is 122 g/mol. The molecule has 1 saturated carbocycles. The van der Waals surface area contributed by atoms with Crippen LogP contribution in [0.3, 0.4) is 0 Å². The van der Waals surface area contributed by atoms with Crippen LogP contribution in [0, 0.1) is 0 Å². The number of hydrogen-bond acceptors (Lipinski definition) is 1. The molecule has 0 heterocycles. The molecule has 0 N–H and O–H groups in total. The molecule has 1 fully saturated rings. The van der Waals surface area contributed by atoms with E-state index in [9.17, 15) is 0 Å². The first-order valence-corrected chi connectivity index (χ1v) is 4.48. The van der Waals surface area contributed by atoms with Gasteiger partial charge in [0.1, 0.15) is 0 Å². The molecule has 10 heavy (non-hydrogen) atoms. The van der Waals surface area contributed by atoms with Crippen LogP contribution in [0.4, 0.5) is 0 Å². The van der Waals surface area contributed by atoms with Gasteiger partial charge in [0.2, 0.25) is 0 Å². The Bertz CT molecular complexity index is 105. The Hall–Kier alpha value is -0.0400. The van der Waals surface area contributed by atoms with Gasteiger partial charge in [-0.15, -0.1) is 0 Å². The molecule has 0 aromatic carbocycles. The summed E-state index contributed by atoms with van der Waals surface area (Å²) in [6.45, 7) is 9.41. The molecule has 1 aliphatic carbocycles. The second-order valence-electron chi connectivity index (χ2n) is 3.58. The highest BCUT2D eigenvalue weighted by molar-refractivity contribution is 4.98. The molecule has 1 heteroatoms. The molecule has 0 spiro atoms. The van der Waals surface area contributed by atoms with Crippen molar-refractivity contribution in [3.05, 3.63) is 0 Å². The van der Waals surface area contributed by atoms with Crippen LogP contribution in [0.5, 0.6) is 0 Å². The SMILES string of the molecule is CCCN(CC)C1(C)CC1. The van der Waals surface area contributed by atoms with Gasteiger partial charge in [-0.2, -0.15) is 0 Å². The Morgan fingerprint density at radius 2 is 1.90 bits per heavy atom. The van der Waals surface area contributed by atoms with Crippen LogP contribution in [-0.4, -0.2) is 23.5 Å². The minimum absolute atomic E-state index is 0.602. The first-order valence-electron chi connectivity index (χ1n) is 4.48. The molecule has 1 rings (SSSR count). The van der Waals surface area contributed by atoms with Gasteiger partial charge in [-0.3, -0.25) is 4.90 Å². The first kappa shape index (κ1) is 8.06. The highest BCUT2D eigenvalue weighted by Crippen LogP contribution is 2.40. The summed E-state index contributed by atoms with van der Waals surface area (Å²) < 4.78 is 0. The molecular formula is C9H19N. The molecule has 0 aromatic rings. The van der Waals surface area contributed by atoms with Crippen LogP contribution in [0.15, 0.2) is 0 Å². The van der Waals surface area contributed by atoms with E-state index in [-0.39, 0.29) is 0 Å². The Balaban J connectivity index is 2.33. The van der Waals surface area contributed by atoms with Crippen molar-refractivity contribution in [1.29, 1.82) is 0 Å². The van der Waals surface area contributed by atoms with E-state index >= 15 is 0 Å². The van der Waals surface area contributed by atoms with Crippen LogP contribution >= 0.6 is 0 Å². The summed E-state index contributed by atoms with van der Waals surface area (Å²) in [6.07, 6.45) is 4.13. The number of nitrogens with zero attached hydrogens (tertiary/aromatic N) is 1. The topological polar surface area (TPSA) is 3.24 Å². The summed E-state index contributed by atoms with van der Waals surface area (Å²) in [5, 5.41) is 0. The van der Waals surface area contributed by atoms with Crippen molar-refractivity contribution in [1.82, 2.24) is 4.90 Å². The van der Waals surface area contributed by atoms with Crippen molar-refractivity contribution in [2.24, 2.45) is 0 Å². The lowest BCUT2D eigenvalue weighted by atomic mass is 10.2. The van der Waals surface area contributed by atoms with Gasteiger partial charge >= 0.3 is 0 Å². The minimum atomic E-state index is 0.602. The molecule has 0 aliphatic heterocycles. The van der Waals surface area contributed by atoms with Gasteiger partial charge in [0, 0.05) is 5.54 Å². The Labute approximate surface area is 64.4 Å². The zero-order valence-corrected chi connectivity index (χ0v) is 7.48. The van der Waals surface area contributed by atoms with E-state index < -0.39 is 0 Å². The maximum atomic E-state index is 2.60. The third kappa shape index (κ3) is 1.51. The fourth-order valence-corrected chi connectivity index (χ4v) is 1.58. The maximum absolute atomic E-state index is 2.60. The van der Waals surface area contributed by atoms with E-state index in [0.717, 1.165) is 0 Å². The summed E-state index contributed by atoms with van der Waals surface area (Å²) in [6, 6.07) is 0. The molecule has 60 valence electrons. The average molecular weight is 141 g/mol. The van der Waals surface area contributed by atoms with Gasteiger partial charge < -0.3 is 0 Å². The normalized spacial score (nSPS) is 21.6. The summed E-state index contributed by atoms with van der Waals surface area (Å²) in [5.74, 6) is 0. The zero-order valence-electron chi connectivity index (χ0n) is 7.48. The molecule has 0 atom stereocenters. The van der Waals surface area contributed by atoms with Crippen molar-refractivity contribution in [3.63, 3.8) is 0 Å². The summed E-state index contributed by atoms with van der Waals surface area (Å²) in [5.41, 5.74) is 0.602. The average Bonchev–Trinajstić information content (AvgIpc) is 2.64. The quantitative estimate of drug-likeness (QED) is 0.580. The second kappa shape index (κ2) is 2.91. The molecule has 0 unspecified atom stereocenters. The molecule has 0 amide bonds. The zero-order chi connectivity index (χ0) is 7.61. The summed E-state index contributed by atoms with van der Waals surface area (Å²) in [7, 11) is 0. The minimum Gasteiger partial charge on any atom is -0.298 e. The van der Waals surface area contributed by atoms with Gasteiger partial charge in [0.25, 0.3) is 0 Å². The molecule has 0 bridgehead atoms. The lowest BCUT2D eigenvalue weighted by molar-refractivity contribution is 0.202. The van der Waals surface area contributed by atoms with E-state index in [0.29, 0.717) is 5.54 Å². The monoisotopic (exact) mass is 141 g/mol. The third-order valence-electron chi connectivity index (χ3n) is 2.61. The van der Waals surface area contributed by atoms with E-state index in [1.165, 1.54) is 32.4 Å².